The van der Waals surface area contributed by atoms with Gasteiger partial charge in [0, 0.05) is 24.1 Å². The van der Waals surface area contributed by atoms with Crippen LogP contribution in [0.5, 0.6) is 0 Å². The molecule has 2 rings (SSSR count). The average Bonchev–Trinajstić information content (AvgIpc) is 2.60. The Morgan fingerprint density at radius 3 is 2.41 bits per heavy atom. The number of alkyl halides is 3. The summed E-state index contributed by atoms with van der Waals surface area (Å²) >= 11 is 0. The van der Waals surface area contributed by atoms with Gasteiger partial charge in [0.2, 0.25) is 0 Å². The molecule has 7 nitrogen and oxygen atoms in total. The number of halogens is 3. The van der Waals surface area contributed by atoms with E-state index in [9.17, 15) is 38.0 Å². The Balaban J connectivity index is 2.25. The van der Waals surface area contributed by atoms with Gasteiger partial charge in [-0.2, -0.15) is 13.2 Å². The minimum absolute atomic E-state index is 0.181. The van der Waals surface area contributed by atoms with Gasteiger partial charge in [-0.05, 0) is 17.7 Å². The van der Waals surface area contributed by atoms with Crippen molar-refractivity contribution in [3.8, 4) is 0 Å². The smallest absolute Gasteiger partial charge is 0.416 e. The number of nitrogens with zero attached hydrogens (tertiary/aromatic N) is 1. The molecule has 0 radical (unpaired) electrons. The number of nitro groups is 1. The lowest BCUT2D eigenvalue weighted by molar-refractivity contribution is -0.384. The van der Waals surface area contributed by atoms with Crippen LogP contribution in [0.4, 0.5) is 18.9 Å². The molecule has 2 aromatic rings. The molecule has 2 aromatic carbocycles. The summed E-state index contributed by atoms with van der Waals surface area (Å²) in [6.07, 6.45) is -5.28. The van der Waals surface area contributed by atoms with Gasteiger partial charge in [0.15, 0.2) is 0 Å². The maximum atomic E-state index is 13.0. The first-order valence-electron chi connectivity index (χ1n) is 7.53. The summed E-state index contributed by atoms with van der Waals surface area (Å²) in [6.45, 7) is 0. The summed E-state index contributed by atoms with van der Waals surface area (Å²) in [6, 6.07) is 7.33. The zero-order chi connectivity index (χ0) is 20.2. The number of amides is 1. The van der Waals surface area contributed by atoms with E-state index in [1.165, 1.54) is 24.3 Å². The molecule has 0 saturated heterocycles. The highest BCUT2D eigenvalue weighted by Crippen LogP contribution is 2.32. The third kappa shape index (κ3) is 5.03. The number of nitro benzene ring substituents is 1. The van der Waals surface area contributed by atoms with Crippen molar-refractivity contribution in [2.45, 2.75) is 18.6 Å². The van der Waals surface area contributed by atoms with Gasteiger partial charge in [0.05, 0.1) is 10.5 Å². The van der Waals surface area contributed by atoms with E-state index in [0.717, 1.165) is 24.3 Å². The van der Waals surface area contributed by atoms with Gasteiger partial charge in [-0.15, -0.1) is 0 Å². The van der Waals surface area contributed by atoms with Crippen LogP contribution in [0.1, 0.15) is 21.5 Å². The Labute approximate surface area is 150 Å². The highest BCUT2D eigenvalue weighted by molar-refractivity contribution is 5.97. The zero-order valence-electron chi connectivity index (χ0n) is 13.6. The van der Waals surface area contributed by atoms with Crippen molar-refractivity contribution in [2.24, 2.45) is 0 Å². The van der Waals surface area contributed by atoms with E-state index in [0.29, 0.717) is 0 Å². The number of rotatable bonds is 6. The van der Waals surface area contributed by atoms with Crippen molar-refractivity contribution >= 4 is 17.6 Å². The molecular formula is C17H13F3N2O5. The summed E-state index contributed by atoms with van der Waals surface area (Å²) in [5.41, 5.74) is -1.85. The van der Waals surface area contributed by atoms with Crippen LogP contribution in [0, 0.1) is 10.1 Å². The molecule has 0 fully saturated rings. The zero-order valence-corrected chi connectivity index (χ0v) is 13.6. The van der Waals surface area contributed by atoms with Gasteiger partial charge in [-0.25, -0.2) is 4.79 Å². The monoisotopic (exact) mass is 382 g/mol. The SMILES string of the molecule is O=C(N[C@@H](Cc1ccccc1C(F)(F)F)C(=O)O)c1cccc([N+](=O)[O-])c1. The highest BCUT2D eigenvalue weighted by Gasteiger charge is 2.34. The Bertz CT molecular complexity index is 883. The Kier molecular flexibility index (Phi) is 5.78. The van der Waals surface area contributed by atoms with E-state index in [2.05, 4.69) is 5.32 Å². The van der Waals surface area contributed by atoms with Gasteiger partial charge in [-0.3, -0.25) is 14.9 Å². The fourth-order valence-electron chi connectivity index (χ4n) is 2.40. The highest BCUT2D eigenvalue weighted by atomic mass is 19.4. The van der Waals surface area contributed by atoms with E-state index in [4.69, 9.17) is 0 Å². The number of carbonyl (C=O) groups excluding carboxylic acids is 1. The molecule has 0 bridgehead atoms. The first-order chi connectivity index (χ1) is 12.6. The number of aliphatic carboxylic acids is 1. The summed E-state index contributed by atoms with van der Waals surface area (Å²) in [5, 5.41) is 22.1. The van der Waals surface area contributed by atoms with Gasteiger partial charge in [-0.1, -0.05) is 24.3 Å². The van der Waals surface area contributed by atoms with Crippen molar-refractivity contribution in [3.05, 3.63) is 75.3 Å². The second kappa shape index (κ2) is 7.85. The van der Waals surface area contributed by atoms with Gasteiger partial charge >= 0.3 is 12.1 Å². The third-order valence-corrected chi connectivity index (χ3v) is 3.67. The summed E-state index contributed by atoms with van der Waals surface area (Å²) < 4.78 is 39.1. The average molecular weight is 382 g/mol. The summed E-state index contributed by atoms with van der Waals surface area (Å²) in [4.78, 5) is 33.6. The number of carboxylic acids is 1. The summed E-state index contributed by atoms with van der Waals surface area (Å²) in [5.74, 6) is -2.48. The van der Waals surface area contributed by atoms with Crippen LogP contribution < -0.4 is 5.32 Å². The van der Waals surface area contributed by atoms with E-state index in [1.54, 1.807) is 0 Å². The van der Waals surface area contributed by atoms with Crippen LogP contribution >= 0.6 is 0 Å². The molecule has 0 aliphatic heterocycles. The Morgan fingerprint density at radius 1 is 1.15 bits per heavy atom. The first-order valence-corrected chi connectivity index (χ1v) is 7.53. The molecule has 27 heavy (non-hydrogen) atoms. The van der Waals surface area contributed by atoms with Crippen LogP contribution in [-0.2, 0) is 17.4 Å². The standard InChI is InChI=1S/C17H13F3N2O5/c18-17(19,20)13-7-2-1-4-10(13)9-14(16(24)25)21-15(23)11-5-3-6-12(8-11)22(26)27/h1-8,14H,9H2,(H,21,23)(H,24,25)/t14-/m0/s1. The molecule has 0 aliphatic rings. The number of benzene rings is 2. The maximum absolute atomic E-state index is 13.0. The van der Waals surface area contributed by atoms with Crippen LogP contribution in [0.15, 0.2) is 48.5 Å². The first kappa shape index (κ1) is 19.9. The summed E-state index contributed by atoms with van der Waals surface area (Å²) in [7, 11) is 0. The van der Waals surface area contributed by atoms with Gasteiger partial charge in [0.1, 0.15) is 6.04 Å². The third-order valence-electron chi connectivity index (χ3n) is 3.67. The lowest BCUT2D eigenvalue weighted by Crippen LogP contribution is -2.42. The van der Waals surface area contributed by atoms with Crippen LogP contribution in [0.2, 0.25) is 0 Å². The van der Waals surface area contributed by atoms with Crippen molar-refractivity contribution in [3.63, 3.8) is 0 Å². The Hall–Kier alpha value is -3.43. The normalized spacial score (nSPS) is 12.3. The molecule has 142 valence electrons. The van der Waals surface area contributed by atoms with Crippen LogP contribution in [-0.4, -0.2) is 27.9 Å². The van der Waals surface area contributed by atoms with E-state index < -0.39 is 41.0 Å². The largest absolute Gasteiger partial charge is 0.480 e. The number of nitrogens with one attached hydrogen (secondary N) is 1. The Morgan fingerprint density at radius 2 is 1.81 bits per heavy atom. The topological polar surface area (TPSA) is 110 Å². The molecule has 0 unspecified atom stereocenters. The second-order valence-electron chi connectivity index (χ2n) is 5.53. The lowest BCUT2D eigenvalue weighted by atomic mass is 9.99. The molecule has 0 aliphatic carbocycles. The number of hydrogen-bond acceptors (Lipinski definition) is 4. The van der Waals surface area contributed by atoms with Crippen molar-refractivity contribution in [2.75, 3.05) is 0 Å². The van der Waals surface area contributed by atoms with Gasteiger partial charge < -0.3 is 10.4 Å². The number of hydrogen-bond donors (Lipinski definition) is 2. The lowest BCUT2D eigenvalue weighted by Gasteiger charge is -2.18. The minimum Gasteiger partial charge on any atom is -0.480 e. The van der Waals surface area contributed by atoms with E-state index >= 15 is 0 Å². The fraction of sp³-hybridized carbons (Fsp3) is 0.176. The number of non-ortho nitro benzene ring substituents is 1. The quantitative estimate of drug-likeness (QED) is 0.590. The van der Waals surface area contributed by atoms with Crippen LogP contribution in [0.3, 0.4) is 0 Å². The minimum atomic E-state index is -4.68. The predicted octanol–water partition coefficient (Wildman–Crippen LogP) is 3.04. The molecule has 0 aromatic heterocycles. The van der Waals surface area contributed by atoms with E-state index in [-0.39, 0.29) is 16.8 Å². The van der Waals surface area contributed by atoms with Crippen molar-refractivity contribution in [1.29, 1.82) is 0 Å². The molecule has 0 spiro atoms. The maximum Gasteiger partial charge on any atom is 0.416 e. The second-order valence-corrected chi connectivity index (χ2v) is 5.53. The number of carbonyl (C=O) groups is 2. The van der Waals surface area contributed by atoms with Crippen molar-refractivity contribution in [1.82, 2.24) is 5.32 Å². The van der Waals surface area contributed by atoms with E-state index in [1.807, 2.05) is 0 Å². The van der Waals surface area contributed by atoms with Crippen LogP contribution in [0.25, 0.3) is 0 Å². The predicted molar refractivity (Wildman–Crippen MR) is 87.1 cm³/mol. The molecule has 0 saturated carbocycles. The molecule has 0 heterocycles. The molecule has 2 N–H and O–H groups in total. The fourth-order valence-corrected chi connectivity index (χ4v) is 2.40. The molecule has 10 heteroatoms. The number of carboxylic acid groups (broad SMARTS) is 1. The van der Waals surface area contributed by atoms with Crippen molar-refractivity contribution < 1.29 is 32.8 Å². The van der Waals surface area contributed by atoms with Gasteiger partial charge in [0.25, 0.3) is 11.6 Å². The molecule has 1 amide bonds. The molecule has 1 atom stereocenters. The molecular weight excluding hydrogens is 369 g/mol.